The third kappa shape index (κ3) is 2.84. The highest BCUT2D eigenvalue weighted by atomic mass is 14.5. The molecule has 0 unspecified atom stereocenters. The Labute approximate surface area is 136 Å². The molecule has 22 heavy (non-hydrogen) atoms. The highest BCUT2D eigenvalue weighted by Gasteiger charge is 2.43. The Morgan fingerprint density at radius 3 is 2.18 bits per heavy atom. The summed E-state index contributed by atoms with van der Waals surface area (Å²) >= 11 is 0. The van der Waals surface area contributed by atoms with Crippen molar-refractivity contribution < 1.29 is 0 Å². The molecule has 0 amide bonds. The van der Waals surface area contributed by atoms with Crippen LogP contribution in [0.1, 0.15) is 59.3 Å². The molecule has 0 aromatic rings. The maximum atomic E-state index is 4.16. The second kappa shape index (κ2) is 7.13. The fraction of sp³-hybridized carbons (Fsp3) is 0.455. The quantitative estimate of drug-likeness (QED) is 0.520. The molecule has 0 saturated heterocycles. The molecule has 0 nitrogen and oxygen atoms in total. The average Bonchev–Trinajstić information content (AvgIpc) is 2.74. The van der Waals surface area contributed by atoms with E-state index in [2.05, 4.69) is 64.3 Å². The lowest BCUT2D eigenvalue weighted by Crippen LogP contribution is -2.26. The Balaban J connectivity index is 2.70. The van der Waals surface area contributed by atoms with E-state index in [4.69, 9.17) is 0 Å². The van der Waals surface area contributed by atoms with Gasteiger partial charge in [-0.05, 0) is 55.4 Å². The van der Waals surface area contributed by atoms with Crippen molar-refractivity contribution in [2.24, 2.45) is 5.41 Å². The second-order valence-corrected chi connectivity index (χ2v) is 6.74. The van der Waals surface area contributed by atoms with Crippen molar-refractivity contribution in [2.75, 3.05) is 0 Å². The van der Waals surface area contributed by atoms with Crippen LogP contribution in [-0.2, 0) is 0 Å². The van der Waals surface area contributed by atoms with Crippen molar-refractivity contribution >= 4 is 0 Å². The standard InChI is InChI=1S/C22H30/c1-6-9-13-19-18(7-2)21(16-17(4)5)22(20(19)8-3)14-11-10-12-15-22/h7-9,13,16H,2-3,6,10-12,14-15H2,1,4-5H3/b13-9-. The van der Waals surface area contributed by atoms with Crippen molar-refractivity contribution in [1.82, 2.24) is 0 Å². The molecule has 2 rings (SSSR count). The van der Waals surface area contributed by atoms with Crippen LogP contribution in [0.2, 0.25) is 0 Å². The molecule has 1 saturated carbocycles. The van der Waals surface area contributed by atoms with Gasteiger partial charge in [-0.15, -0.1) is 0 Å². The Bertz CT molecular complexity index is 565. The van der Waals surface area contributed by atoms with Gasteiger partial charge in [-0.2, -0.15) is 0 Å². The molecule has 0 aromatic heterocycles. The average molecular weight is 294 g/mol. The minimum atomic E-state index is 0.175. The number of rotatable bonds is 5. The molecule has 0 N–H and O–H groups in total. The van der Waals surface area contributed by atoms with Crippen LogP contribution in [0, 0.1) is 5.41 Å². The summed E-state index contributed by atoms with van der Waals surface area (Å²) in [6.45, 7) is 14.8. The van der Waals surface area contributed by atoms with Crippen molar-refractivity contribution in [2.45, 2.75) is 59.3 Å². The Hall–Kier alpha value is -1.56. The predicted molar refractivity (Wildman–Crippen MR) is 98.8 cm³/mol. The first-order valence-corrected chi connectivity index (χ1v) is 8.67. The van der Waals surface area contributed by atoms with Crippen molar-refractivity contribution in [1.29, 1.82) is 0 Å². The van der Waals surface area contributed by atoms with Crippen LogP contribution in [0.25, 0.3) is 0 Å². The summed E-state index contributed by atoms with van der Waals surface area (Å²) in [7, 11) is 0. The number of hydrogen-bond acceptors (Lipinski definition) is 0. The maximum absolute atomic E-state index is 4.16. The molecule has 0 aromatic carbocycles. The molecule has 0 heteroatoms. The van der Waals surface area contributed by atoms with Gasteiger partial charge in [0.1, 0.15) is 0 Å². The fourth-order valence-electron chi connectivity index (χ4n) is 4.09. The highest BCUT2D eigenvalue weighted by Crippen LogP contribution is 2.57. The van der Waals surface area contributed by atoms with Gasteiger partial charge in [0.05, 0.1) is 0 Å². The minimum Gasteiger partial charge on any atom is -0.0987 e. The smallest absolute Gasteiger partial charge is 0.0215 e. The van der Waals surface area contributed by atoms with Crippen molar-refractivity contribution in [3.8, 4) is 0 Å². The van der Waals surface area contributed by atoms with E-state index in [0.29, 0.717) is 0 Å². The molecule has 1 spiro atoms. The zero-order chi connectivity index (χ0) is 16.2. The third-order valence-electron chi connectivity index (χ3n) is 4.97. The summed E-state index contributed by atoms with van der Waals surface area (Å²) in [5.41, 5.74) is 7.12. The fourth-order valence-corrected chi connectivity index (χ4v) is 4.09. The first-order valence-electron chi connectivity index (χ1n) is 8.67. The summed E-state index contributed by atoms with van der Waals surface area (Å²) in [5, 5.41) is 0. The molecule has 0 atom stereocenters. The zero-order valence-electron chi connectivity index (χ0n) is 14.5. The predicted octanol–water partition coefficient (Wildman–Crippen LogP) is 6.85. The van der Waals surface area contributed by atoms with Crippen LogP contribution in [0.5, 0.6) is 0 Å². The van der Waals surface area contributed by atoms with Gasteiger partial charge in [0.15, 0.2) is 0 Å². The molecule has 0 radical (unpaired) electrons. The highest BCUT2D eigenvalue weighted by molar-refractivity contribution is 5.67. The van der Waals surface area contributed by atoms with Gasteiger partial charge in [-0.1, -0.05) is 75.3 Å². The first kappa shape index (κ1) is 16.8. The zero-order valence-corrected chi connectivity index (χ0v) is 14.5. The van der Waals surface area contributed by atoms with Gasteiger partial charge in [0, 0.05) is 5.41 Å². The molecule has 2 aliphatic carbocycles. The van der Waals surface area contributed by atoms with Crippen LogP contribution in [-0.4, -0.2) is 0 Å². The Kier molecular flexibility index (Phi) is 5.45. The van der Waals surface area contributed by atoms with Gasteiger partial charge in [0.25, 0.3) is 0 Å². The van der Waals surface area contributed by atoms with Gasteiger partial charge in [-0.25, -0.2) is 0 Å². The van der Waals surface area contributed by atoms with Gasteiger partial charge >= 0.3 is 0 Å². The van der Waals surface area contributed by atoms with Gasteiger partial charge < -0.3 is 0 Å². The van der Waals surface area contributed by atoms with Crippen LogP contribution in [0.3, 0.4) is 0 Å². The molecule has 0 heterocycles. The lowest BCUT2D eigenvalue weighted by Gasteiger charge is -2.38. The van der Waals surface area contributed by atoms with E-state index in [1.54, 1.807) is 0 Å². The summed E-state index contributed by atoms with van der Waals surface area (Å²) in [5.74, 6) is 0. The molecule has 1 fully saturated rings. The molecule has 0 aliphatic heterocycles. The Morgan fingerprint density at radius 1 is 1.00 bits per heavy atom. The van der Waals surface area contributed by atoms with E-state index in [-0.39, 0.29) is 5.41 Å². The van der Waals surface area contributed by atoms with E-state index < -0.39 is 0 Å². The topological polar surface area (TPSA) is 0 Å². The van der Waals surface area contributed by atoms with Gasteiger partial charge in [-0.3, -0.25) is 0 Å². The van der Waals surface area contributed by atoms with Crippen LogP contribution >= 0.6 is 0 Å². The van der Waals surface area contributed by atoms with Crippen molar-refractivity contribution in [3.05, 3.63) is 71.4 Å². The lowest BCUT2D eigenvalue weighted by atomic mass is 9.66. The van der Waals surface area contributed by atoms with Crippen LogP contribution in [0.15, 0.2) is 71.4 Å². The van der Waals surface area contributed by atoms with E-state index in [1.165, 1.54) is 60.0 Å². The minimum absolute atomic E-state index is 0.175. The molecule has 2 aliphatic rings. The number of hydrogen-bond donors (Lipinski definition) is 0. The van der Waals surface area contributed by atoms with E-state index >= 15 is 0 Å². The molecular weight excluding hydrogens is 264 g/mol. The van der Waals surface area contributed by atoms with E-state index in [0.717, 1.165) is 6.42 Å². The molecule has 118 valence electrons. The van der Waals surface area contributed by atoms with Crippen LogP contribution in [0.4, 0.5) is 0 Å². The molecule has 0 bridgehead atoms. The summed E-state index contributed by atoms with van der Waals surface area (Å²) < 4.78 is 0. The normalized spacial score (nSPS) is 20.9. The number of allylic oxidation sites excluding steroid dienone is 10. The first-order chi connectivity index (χ1) is 10.6. The monoisotopic (exact) mass is 294 g/mol. The van der Waals surface area contributed by atoms with E-state index in [9.17, 15) is 0 Å². The second-order valence-electron chi connectivity index (χ2n) is 6.74. The third-order valence-corrected chi connectivity index (χ3v) is 4.97. The van der Waals surface area contributed by atoms with Gasteiger partial charge in [0.2, 0.25) is 0 Å². The Morgan fingerprint density at radius 2 is 1.68 bits per heavy atom. The molecular formula is C22H30. The van der Waals surface area contributed by atoms with Crippen molar-refractivity contribution in [3.63, 3.8) is 0 Å². The summed E-state index contributed by atoms with van der Waals surface area (Å²) in [6.07, 6.45) is 18.6. The van der Waals surface area contributed by atoms with Crippen LogP contribution < -0.4 is 0 Å². The SMILES string of the molecule is C=CC1=C(C=C(C)C)C2(CCCCC2)C(C=C)=C1/C=C\CC. The summed E-state index contributed by atoms with van der Waals surface area (Å²) in [4.78, 5) is 0. The lowest BCUT2D eigenvalue weighted by molar-refractivity contribution is 0.304. The largest absolute Gasteiger partial charge is 0.0987 e. The summed E-state index contributed by atoms with van der Waals surface area (Å²) in [6, 6.07) is 0. The van der Waals surface area contributed by atoms with E-state index in [1.807, 2.05) is 0 Å². The maximum Gasteiger partial charge on any atom is 0.0215 e.